The van der Waals surface area contributed by atoms with Crippen molar-refractivity contribution in [2.45, 2.75) is 0 Å². The lowest BCUT2D eigenvalue weighted by atomic mass is 9.77. The molecule has 0 amide bonds. The molecule has 2 atom stereocenters. The van der Waals surface area contributed by atoms with Crippen LogP contribution in [0.2, 0.25) is 0 Å². The Morgan fingerprint density at radius 2 is 1.06 bits per heavy atom. The number of hydrogen-bond acceptors (Lipinski definition) is 1. The number of fused-ring (bicyclic) bond motifs is 7. The highest BCUT2D eigenvalue weighted by atomic mass is 14.7. The maximum atomic E-state index is 4.77. The molecule has 0 N–H and O–H groups in total. The highest BCUT2D eigenvalue weighted by Crippen LogP contribution is 2.61. The lowest BCUT2D eigenvalue weighted by molar-refractivity contribution is 0.707. The molecule has 0 spiro atoms. The van der Waals surface area contributed by atoms with Gasteiger partial charge in [0, 0.05) is 23.6 Å². The first kappa shape index (κ1) is 28.7. The third-order valence-corrected chi connectivity index (χ3v) is 12.7. The first-order valence-corrected chi connectivity index (χ1v) is 19.0. The highest BCUT2D eigenvalue weighted by Gasteiger charge is 2.42. The molecule has 1 heteroatoms. The van der Waals surface area contributed by atoms with Crippen LogP contribution < -0.4 is 0 Å². The van der Waals surface area contributed by atoms with E-state index in [0.29, 0.717) is 11.8 Å². The van der Waals surface area contributed by atoms with Crippen molar-refractivity contribution in [2.24, 2.45) is 11.8 Å². The molecular formula is C53H31N. The average molecular weight is 682 g/mol. The van der Waals surface area contributed by atoms with Crippen molar-refractivity contribution in [3.05, 3.63) is 187 Å². The first-order chi connectivity index (χ1) is 26.8. The highest BCUT2D eigenvalue weighted by molar-refractivity contribution is 6.33. The minimum atomic E-state index is 0.297. The van der Waals surface area contributed by atoms with E-state index in [1.54, 1.807) is 0 Å². The van der Waals surface area contributed by atoms with Gasteiger partial charge in [-0.2, -0.15) is 0 Å². The van der Waals surface area contributed by atoms with Crippen molar-refractivity contribution < 1.29 is 0 Å². The Balaban J connectivity index is 1.22. The number of nitrogens with zero attached hydrogens (tertiary/aromatic N) is 1. The van der Waals surface area contributed by atoms with E-state index >= 15 is 0 Å². The molecule has 1 heterocycles. The summed E-state index contributed by atoms with van der Waals surface area (Å²) in [5, 5.41) is 10.7. The summed E-state index contributed by atoms with van der Waals surface area (Å²) in [7, 11) is 0. The fraction of sp³-hybridized carbons (Fsp3) is 0.0377. The van der Waals surface area contributed by atoms with Crippen LogP contribution in [0.1, 0.15) is 11.1 Å². The first-order valence-electron chi connectivity index (χ1n) is 19.0. The monoisotopic (exact) mass is 681 g/mol. The molecule has 0 saturated heterocycles. The van der Waals surface area contributed by atoms with Crippen molar-refractivity contribution in [2.75, 3.05) is 0 Å². The Bertz CT molecular complexity index is 3250. The van der Waals surface area contributed by atoms with E-state index < -0.39 is 0 Å². The zero-order chi connectivity index (χ0) is 35.1. The summed E-state index contributed by atoms with van der Waals surface area (Å²) < 4.78 is 0. The van der Waals surface area contributed by atoms with Crippen molar-refractivity contribution in [3.8, 4) is 55.8 Å². The molecule has 0 bridgehead atoms. The van der Waals surface area contributed by atoms with Crippen LogP contribution in [0.3, 0.4) is 0 Å². The van der Waals surface area contributed by atoms with Crippen molar-refractivity contribution in [1.29, 1.82) is 0 Å². The van der Waals surface area contributed by atoms with E-state index in [2.05, 4.69) is 164 Å². The lowest BCUT2D eigenvalue weighted by Gasteiger charge is -2.26. The van der Waals surface area contributed by atoms with Gasteiger partial charge in [-0.05, 0) is 146 Å². The van der Waals surface area contributed by atoms with Crippen molar-refractivity contribution in [1.82, 2.24) is 4.98 Å². The predicted octanol–water partition coefficient (Wildman–Crippen LogP) is 13.9. The van der Waals surface area contributed by atoms with Gasteiger partial charge < -0.3 is 0 Å². The van der Waals surface area contributed by atoms with Crippen LogP contribution in [0.4, 0.5) is 0 Å². The molecule has 0 aliphatic heterocycles. The summed E-state index contributed by atoms with van der Waals surface area (Å²) in [5.74, 6) is 0.636. The Morgan fingerprint density at radius 1 is 0.407 bits per heavy atom. The van der Waals surface area contributed by atoms with Gasteiger partial charge in [-0.1, -0.05) is 134 Å². The van der Waals surface area contributed by atoms with Gasteiger partial charge in [-0.25, -0.2) is 0 Å². The molecule has 1 aromatic heterocycles. The molecule has 9 aromatic rings. The summed E-state index contributed by atoms with van der Waals surface area (Å²) >= 11 is 0. The topological polar surface area (TPSA) is 12.9 Å². The van der Waals surface area contributed by atoms with E-state index in [9.17, 15) is 0 Å². The summed E-state index contributed by atoms with van der Waals surface area (Å²) in [5.41, 5.74) is 18.2. The minimum absolute atomic E-state index is 0.297. The number of pyridine rings is 1. The molecule has 8 aromatic carbocycles. The molecular weight excluding hydrogens is 651 g/mol. The van der Waals surface area contributed by atoms with Crippen LogP contribution in [0.5, 0.6) is 0 Å². The van der Waals surface area contributed by atoms with Gasteiger partial charge in [0.05, 0.1) is 5.69 Å². The van der Waals surface area contributed by atoms with Gasteiger partial charge in [0.1, 0.15) is 0 Å². The number of rotatable bonds is 3. The summed E-state index contributed by atoms with van der Waals surface area (Å²) in [4.78, 5) is 4.77. The second kappa shape index (κ2) is 10.4. The summed E-state index contributed by atoms with van der Waals surface area (Å²) in [6.45, 7) is 0. The van der Waals surface area contributed by atoms with Gasteiger partial charge in [0.15, 0.2) is 0 Å². The molecule has 0 fully saturated rings. The Kier molecular flexibility index (Phi) is 5.53. The van der Waals surface area contributed by atoms with E-state index in [-0.39, 0.29) is 0 Å². The van der Waals surface area contributed by atoms with Gasteiger partial charge in [-0.15, -0.1) is 0 Å². The number of aromatic nitrogens is 1. The van der Waals surface area contributed by atoms with E-state index in [1.165, 1.54) is 110 Å². The van der Waals surface area contributed by atoms with E-state index in [0.717, 1.165) is 11.3 Å². The van der Waals surface area contributed by atoms with Crippen molar-refractivity contribution >= 4 is 54.2 Å². The lowest BCUT2D eigenvalue weighted by Crippen LogP contribution is -2.14. The van der Waals surface area contributed by atoms with Crippen LogP contribution in [0, 0.1) is 11.8 Å². The summed E-state index contributed by atoms with van der Waals surface area (Å²) in [6.07, 6.45) is 16.0. The third-order valence-electron chi connectivity index (χ3n) is 12.7. The summed E-state index contributed by atoms with van der Waals surface area (Å²) in [6, 6.07) is 50.0. The number of benzene rings is 8. The van der Waals surface area contributed by atoms with E-state index in [1.807, 2.05) is 12.3 Å². The smallest absolute Gasteiger partial charge is 0.0702 e. The van der Waals surface area contributed by atoms with Crippen molar-refractivity contribution in [3.63, 3.8) is 0 Å². The van der Waals surface area contributed by atoms with Crippen LogP contribution >= 0.6 is 0 Å². The quantitative estimate of drug-likeness (QED) is 0.169. The Hall–Kier alpha value is -6.83. The van der Waals surface area contributed by atoms with Crippen LogP contribution in [0.15, 0.2) is 176 Å². The van der Waals surface area contributed by atoms with Gasteiger partial charge in [-0.3, -0.25) is 4.98 Å². The molecule has 1 nitrogen and oxygen atoms in total. The SMILES string of the molecule is C1=CC2C=CC=C3c4c(c(-c5cccc(-c6ccccn6)c5)c5cc6c(cc5c4-c4ccccc4)-c4cc5cccc7ccc8ccc-6c4c8c75)C(=C1)C32. The van der Waals surface area contributed by atoms with Crippen LogP contribution in [-0.2, 0) is 0 Å². The molecule has 0 radical (unpaired) electrons. The van der Waals surface area contributed by atoms with Gasteiger partial charge >= 0.3 is 0 Å². The molecule has 4 aliphatic rings. The normalized spacial score (nSPS) is 17.3. The minimum Gasteiger partial charge on any atom is -0.256 e. The average Bonchev–Trinajstić information content (AvgIpc) is 3.73. The maximum absolute atomic E-state index is 4.77. The number of allylic oxidation sites excluding steroid dienone is 8. The van der Waals surface area contributed by atoms with Gasteiger partial charge in [0.25, 0.3) is 0 Å². The molecule has 4 aliphatic carbocycles. The molecule has 2 unspecified atom stereocenters. The third kappa shape index (κ3) is 3.66. The molecule has 0 saturated carbocycles. The second-order valence-electron chi connectivity index (χ2n) is 15.3. The Morgan fingerprint density at radius 3 is 1.83 bits per heavy atom. The molecule has 54 heavy (non-hydrogen) atoms. The maximum Gasteiger partial charge on any atom is 0.0702 e. The molecule has 13 rings (SSSR count). The van der Waals surface area contributed by atoms with Crippen LogP contribution in [0.25, 0.3) is 110 Å². The fourth-order valence-electron chi connectivity index (χ4n) is 10.5. The largest absolute Gasteiger partial charge is 0.256 e. The second-order valence-corrected chi connectivity index (χ2v) is 15.3. The predicted molar refractivity (Wildman–Crippen MR) is 227 cm³/mol. The van der Waals surface area contributed by atoms with Gasteiger partial charge in [0.2, 0.25) is 0 Å². The van der Waals surface area contributed by atoms with E-state index in [4.69, 9.17) is 4.98 Å². The Labute approximate surface area is 312 Å². The molecule has 248 valence electrons. The van der Waals surface area contributed by atoms with Crippen LogP contribution in [-0.4, -0.2) is 4.98 Å². The zero-order valence-corrected chi connectivity index (χ0v) is 29.3. The standard InChI is InChI=1S/C53H31N/c1-2-10-31(11-3-1)48-43-29-41-40(37-24-23-33-22-21-32-12-6-17-36-27-42(41)51(37)50(33)46(32)36)28-44(43)49(35-16-7-15-34(26-35)45-20-4-5-25-54-45)53-39-19-9-14-30-13-8-18-38(47(30)39)52(48)53/h1-30,47H. The number of hydrogen-bond donors (Lipinski definition) is 0. The zero-order valence-electron chi connectivity index (χ0n) is 29.3. The fourth-order valence-corrected chi connectivity index (χ4v) is 10.5.